The van der Waals surface area contributed by atoms with E-state index in [9.17, 15) is 19.8 Å². The van der Waals surface area contributed by atoms with Crippen LogP contribution in [0.15, 0.2) is 48.6 Å². The summed E-state index contributed by atoms with van der Waals surface area (Å²) in [6.45, 7) is 4.68. The minimum absolute atomic E-state index is 0.108. The van der Waals surface area contributed by atoms with Crippen molar-refractivity contribution in [3.8, 4) is 5.75 Å². The fourth-order valence-corrected chi connectivity index (χ4v) is 7.98. The number of ether oxygens (including phenoxy) is 1. The number of anilines is 1. The van der Waals surface area contributed by atoms with E-state index >= 15 is 0 Å². The molecule has 2 aliphatic heterocycles. The van der Waals surface area contributed by atoms with Gasteiger partial charge in [0.25, 0.3) is 0 Å². The second kappa shape index (κ2) is 11.2. The number of carbonyl (C=O) groups excluding carboxylic acids is 1. The van der Waals surface area contributed by atoms with E-state index in [-0.39, 0.29) is 29.1 Å². The van der Waals surface area contributed by atoms with Crippen LogP contribution < -0.4 is 9.64 Å². The van der Waals surface area contributed by atoms with Crippen molar-refractivity contribution in [2.45, 2.75) is 69.3 Å². The molecule has 2 aromatic carbocycles. The van der Waals surface area contributed by atoms with Gasteiger partial charge in [-0.2, -0.15) is 0 Å². The van der Waals surface area contributed by atoms with E-state index in [2.05, 4.69) is 24.0 Å². The number of aliphatic hydroxyl groups excluding tert-OH is 1. The summed E-state index contributed by atoms with van der Waals surface area (Å²) in [6.07, 6.45) is 8.71. The van der Waals surface area contributed by atoms with Crippen LogP contribution in [0.2, 0.25) is 5.02 Å². The maximum Gasteiger partial charge on any atom is 0.311 e. The van der Waals surface area contributed by atoms with E-state index in [1.807, 2.05) is 30.4 Å². The Kier molecular flexibility index (Phi) is 7.77. The van der Waals surface area contributed by atoms with Crippen molar-refractivity contribution >= 4 is 29.2 Å². The van der Waals surface area contributed by atoms with Gasteiger partial charge in [0.2, 0.25) is 5.91 Å². The highest BCUT2D eigenvalue weighted by Crippen LogP contribution is 2.52. The molecule has 2 aromatic rings. The van der Waals surface area contributed by atoms with Gasteiger partial charge in [0.1, 0.15) is 5.75 Å². The second-order valence-corrected chi connectivity index (χ2v) is 13.7. The first-order chi connectivity index (χ1) is 20.1. The first-order valence-corrected chi connectivity index (χ1v) is 15.6. The molecule has 8 heteroatoms. The Labute approximate surface area is 253 Å². The number of aliphatic carboxylic acids is 1. The summed E-state index contributed by atoms with van der Waals surface area (Å²) >= 11 is 6.41. The molecule has 1 fully saturated rings. The number of carboxylic acid groups (broad SMARTS) is 1. The van der Waals surface area contributed by atoms with E-state index in [1.165, 1.54) is 11.1 Å². The SMILES string of the molecule is CN1CC/C=C/[C@H](O)[C@@H]2CCC2(C)CN2C[C@@]3(CCCc4cc(Cl)ccc43)COc3ccc(cc32)[C@H](C(=O)O)CC1=O. The fraction of sp³-hybridized carbons (Fsp3) is 0.529. The topological polar surface area (TPSA) is 90.3 Å². The van der Waals surface area contributed by atoms with Crippen LogP contribution in [0, 0.1) is 11.3 Å². The summed E-state index contributed by atoms with van der Waals surface area (Å²) in [5.41, 5.74) is 3.62. The second-order valence-electron chi connectivity index (χ2n) is 13.2. The third-order valence-corrected chi connectivity index (χ3v) is 10.7. The van der Waals surface area contributed by atoms with Crippen molar-refractivity contribution < 1.29 is 24.5 Å². The van der Waals surface area contributed by atoms with E-state index in [0.717, 1.165) is 48.6 Å². The van der Waals surface area contributed by atoms with Crippen LogP contribution in [-0.4, -0.2) is 66.4 Å². The maximum absolute atomic E-state index is 13.1. The van der Waals surface area contributed by atoms with Crippen molar-refractivity contribution in [2.75, 3.05) is 38.2 Å². The molecular formula is C34H41ClN2O5. The van der Waals surface area contributed by atoms with Crippen molar-refractivity contribution in [2.24, 2.45) is 11.3 Å². The number of nitrogens with zero attached hydrogens (tertiary/aromatic N) is 2. The van der Waals surface area contributed by atoms with Gasteiger partial charge in [-0.15, -0.1) is 0 Å². The van der Waals surface area contributed by atoms with Gasteiger partial charge in [0.05, 0.1) is 24.3 Å². The molecule has 2 aliphatic carbocycles. The zero-order valence-corrected chi connectivity index (χ0v) is 25.3. The van der Waals surface area contributed by atoms with Gasteiger partial charge < -0.3 is 24.7 Å². The molecule has 2 heterocycles. The summed E-state index contributed by atoms with van der Waals surface area (Å²) in [7, 11) is 1.71. The highest BCUT2D eigenvalue weighted by Gasteiger charge is 2.49. The molecule has 0 radical (unpaired) electrons. The van der Waals surface area contributed by atoms with E-state index in [1.54, 1.807) is 18.0 Å². The number of aryl methyl sites for hydroxylation is 1. The van der Waals surface area contributed by atoms with Crippen molar-refractivity contribution in [1.82, 2.24) is 4.90 Å². The van der Waals surface area contributed by atoms with Gasteiger partial charge in [0.15, 0.2) is 0 Å². The molecule has 4 aliphatic rings. The normalized spacial score (nSPS) is 32.2. The summed E-state index contributed by atoms with van der Waals surface area (Å²) < 4.78 is 6.60. The molecule has 1 saturated carbocycles. The monoisotopic (exact) mass is 592 g/mol. The zero-order valence-electron chi connectivity index (χ0n) is 24.5. The maximum atomic E-state index is 13.1. The van der Waals surface area contributed by atoms with Crippen molar-refractivity contribution in [3.05, 3.63) is 70.3 Å². The highest BCUT2D eigenvalue weighted by molar-refractivity contribution is 6.30. The molecule has 6 rings (SSSR count). The molecule has 2 bridgehead atoms. The lowest BCUT2D eigenvalue weighted by Gasteiger charge is -2.52. The largest absolute Gasteiger partial charge is 0.490 e. The van der Waals surface area contributed by atoms with E-state index in [4.69, 9.17) is 16.3 Å². The number of carboxylic acids is 1. The number of hydrogen-bond donors (Lipinski definition) is 2. The van der Waals surface area contributed by atoms with E-state index < -0.39 is 18.0 Å². The van der Waals surface area contributed by atoms with Crippen LogP contribution in [0.5, 0.6) is 5.75 Å². The Hall–Kier alpha value is -3.03. The Morgan fingerprint density at radius 1 is 1.14 bits per heavy atom. The summed E-state index contributed by atoms with van der Waals surface area (Å²) in [5.74, 6) is -1.35. The molecule has 1 unspecified atom stereocenters. The molecule has 42 heavy (non-hydrogen) atoms. The van der Waals surface area contributed by atoms with Gasteiger partial charge in [-0.3, -0.25) is 9.59 Å². The fourth-order valence-electron chi connectivity index (χ4n) is 7.79. The number of hydrogen-bond acceptors (Lipinski definition) is 5. The predicted octanol–water partition coefficient (Wildman–Crippen LogP) is 5.57. The zero-order chi connectivity index (χ0) is 29.6. The number of benzene rings is 2. The molecule has 224 valence electrons. The minimum Gasteiger partial charge on any atom is -0.490 e. The smallest absolute Gasteiger partial charge is 0.311 e. The van der Waals surface area contributed by atoms with Gasteiger partial charge in [-0.1, -0.05) is 42.8 Å². The van der Waals surface area contributed by atoms with Crippen LogP contribution in [0.1, 0.15) is 68.1 Å². The first-order valence-electron chi connectivity index (χ1n) is 15.2. The van der Waals surface area contributed by atoms with Crippen LogP contribution in [-0.2, 0) is 21.4 Å². The van der Waals surface area contributed by atoms with Gasteiger partial charge in [0, 0.05) is 43.5 Å². The van der Waals surface area contributed by atoms with Crippen LogP contribution in [0.3, 0.4) is 0 Å². The molecule has 2 N–H and O–H groups in total. The molecule has 0 saturated heterocycles. The third kappa shape index (κ3) is 5.30. The molecule has 1 amide bonds. The number of fused-ring (bicyclic) bond motifs is 4. The lowest BCUT2D eigenvalue weighted by molar-refractivity contribution is -0.142. The number of carbonyl (C=O) groups is 2. The predicted molar refractivity (Wildman–Crippen MR) is 163 cm³/mol. The number of halogens is 1. The summed E-state index contributed by atoms with van der Waals surface area (Å²) in [5, 5.41) is 22.2. The highest BCUT2D eigenvalue weighted by atomic mass is 35.5. The van der Waals surface area contributed by atoms with Gasteiger partial charge in [-0.05, 0) is 90.8 Å². The summed E-state index contributed by atoms with van der Waals surface area (Å²) in [6, 6.07) is 11.8. The van der Waals surface area contributed by atoms with Gasteiger partial charge >= 0.3 is 5.97 Å². The molecule has 7 nitrogen and oxygen atoms in total. The Morgan fingerprint density at radius 3 is 2.74 bits per heavy atom. The van der Waals surface area contributed by atoms with Gasteiger partial charge in [-0.25, -0.2) is 0 Å². The number of amides is 1. The number of aliphatic hydroxyl groups is 1. The summed E-state index contributed by atoms with van der Waals surface area (Å²) in [4.78, 5) is 29.5. The quantitative estimate of drug-likeness (QED) is 0.421. The third-order valence-electron chi connectivity index (χ3n) is 10.4. The van der Waals surface area contributed by atoms with Crippen molar-refractivity contribution in [3.63, 3.8) is 0 Å². The first kappa shape index (κ1) is 29.1. The molecule has 0 aromatic heterocycles. The van der Waals surface area contributed by atoms with Crippen LogP contribution >= 0.6 is 11.6 Å². The molecule has 5 atom stereocenters. The van der Waals surface area contributed by atoms with Crippen molar-refractivity contribution in [1.29, 1.82) is 0 Å². The standard InChI is InChI=1S/C34H41ClN2O5/c1-33-14-12-27(33)29(38)7-3-4-15-36(2)31(39)18-25(32(40)41)22-8-11-30-28(17-22)37(19-33)20-34(21-42-30)13-5-6-23-16-24(35)9-10-26(23)34/h3,7-11,16-17,25,27,29,38H,4-6,12-15,18-21H2,1-2H3,(H,40,41)/b7-3+/t25-,27+,29+,33?,34+/m1/s1. The van der Waals surface area contributed by atoms with Crippen LogP contribution in [0.25, 0.3) is 0 Å². The average Bonchev–Trinajstić information content (AvgIpc) is 3.09. The Bertz CT molecular complexity index is 1410. The lowest BCUT2D eigenvalue weighted by Crippen LogP contribution is -2.54. The Morgan fingerprint density at radius 2 is 1.98 bits per heavy atom. The molecular weight excluding hydrogens is 552 g/mol. The Balaban J connectivity index is 1.46. The average molecular weight is 593 g/mol. The van der Waals surface area contributed by atoms with Crippen LogP contribution in [0.4, 0.5) is 5.69 Å². The number of rotatable bonds is 1. The van der Waals surface area contributed by atoms with E-state index in [0.29, 0.717) is 38.2 Å². The minimum atomic E-state index is -1.01. The lowest BCUT2D eigenvalue weighted by atomic mass is 9.58. The molecule has 1 spiro atoms.